The fourth-order valence-electron chi connectivity index (χ4n) is 2.82. The van der Waals surface area contributed by atoms with Gasteiger partial charge in [-0.3, -0.25) is 9.69 Å². The van der Waals surface area contributed by atoms with Gasteiger partial charge in [0, 0.05) is 13.1 Å². The zero-order chi connectivity index (χ0) is 13.1. The van der Waals surface area contributed by atoms with E-state index < -0.39 is 0 Å². The number of hydrogen-bond acceptors (Lipinski definition) is 5. The molecule has 104 valence electrons. The van der Waals surface area contributed by atoms with Crippen LogP contribution in [0.1, 0.15) is 32.1 Å². The molecule has 0 bridgehead atoms. The molecule has 0 radical (unpaired) electrons. The van der Waals surface area contributed by atoms with Crippen molar-refractivity contribution in [3.63, 3.8) is 0 Å². The molecular weight excluding hydrogens is 246 g/mol. The van der Waals surface area contributed by atoms with Crippen molar-refractivity contribution in [2.45, 2.75) is 38.6 Å². The van der Waals surface area contributed by atoms with Gasteiger partial charge in [0.15, 0.2) is 0 Å². The van der Waals surface area contributed by atoms with Gasteiger partial charge in [0.1, 0.15) is 6.61 Å². The molecule has 1 aliphatic carbocycles. The summed E-state index contributed by atoms with van der Waals surface area (Å²) in [6, 6.07) is 0. The average Bonchev–Trinajstić information content (AvgIpc) is 3.08. The number of carbonyl (C=O) groups is 1. The van der Waals surface area contributed by atoms with Crippen LogP contribution in [0, 0.1) is 5.92 Å². The number of rotatable bonds is 4. The molecule has 0 atom stereocenters. The van der Waals surface area contributed by atoms with Crippen molar-refractivity contribution in [3.05, 3.63) is 0 Å². The number of aromatic nitrogens is 4. The fraction of sp³-hybridized carbons (Fsp3) is 0.833. The van der Waals surface area contributed by atoms with Crippen molar-refractivity contribution in [2.24, 2.45) is 5.92 Å². The van der Waals surface area contributed by atoms with Gasteiger partial charge < -0.3 is 4.74 Å². The number of anilines is 1. The number of carbonyl (C=O) groups excluding carboxylic acids is 1. The van der Waals surface area contributed by atoms with E-state index in [-0.39, 0.29) is 12.5 Å². The van der Waals surface area contributed by atoms with E-state index >= 15 is 0 Å². The quantitative estimate of drug-likeness (QED) is 0.797. The Bertz CT molecular complexity index is 441. The molecule has 1 saturated carbocycles. The maximum absolute atomic E-state index is 12.1. The number of tetrazole rings is 1. The number of amides is 1. The summed E-state index contributed by atoms with van der Waals surface area (Å²) in [7, 11) is 0. The minimum Gasteiger partial charge on any atom is -0.371 e. The van der Waals surface area contributed by atoms with E-state index in [1.807, 2.05) is 0 Å². The fourth-order valence-corrected chi connectivity index (χ4v) is 2.82. The van der Waals surface area contributed by atoms with Crippen LogP contribution >= 0.6 is 0 Å². The molecule has 1 aromatic rings. The minimum atomic E-state index is -0.0475. The lowest BCUT2D eigenvalue weighted by Crippen LogP contribution is -2.40. The summed E-state index contributed by atoms with van der Waals surface area (Å²) < 4.78 is 7.22. The predicted octanol–water partition coefficient (Wildman–Crippen LogP) is 0.617. The summed E-state index contributed by atoms with van der Waals surface area (Å²) in [5.41, 5.74) is 0. The van der Waals surface area contributed by atoms with Gasteiger partial charge in [-0.25, -0.2) is 4.68 Å². The van der Waals surface area contributed by atoms with E-state index in [0.29, 0.717) is 25.0 Å². The molecule has 1 aromatic heterocycles. The zero-order valence-corrected chi connectivity index (χ0v) is 11.0. The first-order valence-corrected chi connectivity index (χ1v) is 6.99. The Morgan fingerprint density at radius 2 is 2.11 bits per heavy atom. The van der Waals surface area contributed by atoms with E-state index in [0.717, 1.165) is 13.0 Å². The number of nitrogens with zero attached hydrogens (tertiary/aromatic N) is 5. The lowest BCUT2D eigenvalue weighted by molar-refractivity contribution is -0.123. The van der Waals surface area contributed by atoms with Crippen molar-refractivity contribution in [1.82, 2.24) is 20.2 Å². The third-order valence-corrected chi connectivity index (χ3v) is 3.86. The van der Waals surface area contributed by atoms with Gasteiger partial charge >= 0.3 is 0 Å². The Morgan fingerprint density at radius 3 is 2.95 bits per heavy atom. The van der Waals surface area contributed by atoms with Gasteiger partial charge in [-0.05, 0) is 35.6 Å². The number of hydrogen-bond donors (Lipinski definition) is 0. The first-order chi connectivity index (χ1) is 9.34. The van der Waals surface area contributed by atoms with Crippen molar-refractivity contribution in [3.8, 4) is 0 Å². The molecule has 2 heterocycles. The predicted molar refractivity (Wildman–Crippen MR) is 67.6 cm³/mol. The molecule has 2 aliphatic rings. The number of ether oxygens (including phenoxy) is 1. The van der Waals surface area contributed by atoms with E-state index in [1.165, 1.54) is 25.7 Å². The van der Waals surface area contributed by atoms with Crippen molar-refractivity contribution < 1.29 is 9.53 Å². The Labute approximate surface area is 111 Å². The van der Waals surface area contributed by atoms with Gasteiger partial charge in [0.2, 0.25) is 0 Å². The van der Waals surface area contributed by atoms with E-state index in [2.05, 4.69) is 15.5 Å². The third kappa shape index (κ3) is 2.75. The molecule has 7 heteroatoms. The monoisotopic (exact) mass is 265 g/mol. The van der Waals surface area contributed by atoms with Gasteiger partial charge in [-0.15, -0.1) is 0 Å². The lowest BCUT2D eigenvalue weighted by Gasteiger charge is -2.25. The molecule has 0 N–H and O–H groups in total. The topological polar surface area (TPSA) is 73.1 Å². The Kier molecular flexibility index (Phi) is 3.72. The second kappa shape index (κ2) is 5.64. The molecule has 0 unspecified atom stereocenters. The SMILES string of the molecule is O=C(COCC1CCCC1)N1CCCn2nnnc21. The summed E-state index contributed by atoms with van der Waals surface area (Å²) in [4.78, 5) is 13.7. The molecule has 0 aromatic carbocycles. The van der Waals surface area contributed by atoms with Crippen LogP contribution in [0.3, 0.4) is 0 Å². The molecular formula is C12H19N5O2. The molecule has 7 nitrogen and oxygen atoms in total. The van der Waals surface area contributed by atoms with Crippen LogP contribution in [-0.4, -0.2) is 45.9 Å². The molecule has 1 fully saturated rings. The van der Waals surface area contributed by atoms with Crippen molar-refractivity contribution in [2.75, 3.05) is 24.7 Å². The number of aryl methyl sites for hydroxylation is 1. The zero-order valence-electron chi connectivity index (χ0n) is 11.0. The highest BCUT2D eigenvalue weighted by molar-refractivity contribution is 5.92. The maximum atomic E-state index is 12.1. The third-order valence-electron chi connectivity index (χ3n) is 3.86. The molecule has 19 heavy (non-hydrogen) atoms. The van der Waals surface area contributed by atoms with Crippen LogP contribution in [-0.2, 0) is 16.1 Å². The normalized spacial score (nSPS) is 19.7. The van der Waals surface area contributed by atoms with E-state index in [1.54, 1.807) is 9.58 Å². The highest BCUT2D eigenvalue weighted by Crippen LogP contribution is 2.24. The van der Waals surface area contributed by atoms with Crippen LogP contribution in [0.5, 0.6) is 0 Å². The van der Waals surface area contributed by atoms with E-state index in [9.17, 15) is 4.79 Å². The summed E-state index contributed by atoms with van der Waals surface area (Å²) >= 11 is 0. The molecule has 0 saturated heterocycles. The summed E-state index contributed by atoms with van der Waals surface area (Å²) in [5, 5.41) is 11.4. The summed E-state index contributed by atoms with van der Waals surface area (Å²) in [5.74, 6) is 1.13. The average molecular weight is 265 g/mol. The first-order valence-electron chi connectivity index (χ1n) is 6.99. The van der Waals surface area contributed by atoms with E-state index in [4.69, 9.17) is 4.74 Å². The van der Waals surface area contributed by atoms with Crippen LogP contribution in [0.15, 0.2) is 0 Å². The minimum absolute atomic E-state index is 0.0475. The highest BCUT2D eigenvalue weighted by atomic mass is 16.5. The van der Waals surface area contributed by atoms with Gasteiger partial charge in [-0.1, -0.05) is 17.9 Å². The second-order valence-corrected chi connectivity index (χ2v) is 5.27. The molecule has 1 amide bonds. The summed E-state index contributed by atoms with van der Waals surface area (Å²) in [6.07, 6.45) is 5.93. The van der Waals surface area contributed by atoms with Crippen LogP contribution in [0.2, 0.25) is 0 Å². The maximum Gasteiger partial charge on any atom is 0.255 e. The largest absolute Gasteiger partial charge is 0.371 e. The molecule has 3 rings (SSSR count). The van der Waals surface area contributed by atoms with Crippen LogP contribution < -0.4 is 4.90 Å². The van der Waals surface area contributed by atoms with Crippen LogP contribution in [0.4, 0.5) is 5.95 Å². The van der Waals surface area contributed by atoms with Gasteiger partial charge in [0.25, 0.3) is 11.9 Å². The van der Waals surface area contributed by atoms with Gasteiger partial charge in [0.05, 0.1) is 6.61 Å². The summed E-state index contributed by atoms with van der Waals surface area (Å²) in [6.45, 7) is 2.27. The lowest BCUT2D eigenvalue weighted by atomic mass is 10.1. The smallest absolute Gasteiger partial charge is 0.255 e. The van der Waals surface area contributed by atoms with Crippen molar-refractivity contribution >= 4 is 11.9 Å². The van der Waals surface area contributed by atoms with Crippen LogP contribution in [0.25, 0.3) is 0 Å². The Hall–Kier alpha value is -1.50. The van der Waals surface area contributed by atoms with Gasteiger partial charge in [-0.2, -0.15) is 0 Å². The number of fused-ring (bicyclic) bond motifs is 1. The Morgan fingerprint density at radius 1 is 1.26 bits per heavy atom. The Balaban J connectivity index is 1.51. The van der Waals surface area contributed by atoms with Crippen molar-refractivity contribution in [1.29, 1.82) is 0 Å². The molecule has 0 spiro atoms. The standard InChI is InChI=1S/C12H19N5O2/c18-11(9-19-8-10-4-1-2-5-10)16-6-3-7-17-12(16)13-14-15-17/h10H,1-9H2. The first kappa shape index (κ1) is 12.5. The molecule has 1 aliphatic heterocycles. The second-order valence-electron chi connectivity index (χ2n) is 5.27. The highest BCUT2D eigenvalue weighted by Gasteiger charge is 2.25.